The molecule has 1 amide bonds. The van der Waals surface area contributed by atoms with Gasteiger partial charge in [0.1, 0.15) is 5.82 Å². The highest BCUT2D eigenvalue weighted by Gasteiger charge is 2.11. The summed E-state index contributed by atoms with van der Waals surface area (Å²) in [5, 5.41) is 15.8. The average Bonchev–Trinajstić information content (AvgIpc) is 2.97. The third-order valence-electron chi connectivity index (χ3n) is 2.93. The van der Waals surface area contributed by atoms with Gasteiger partial charge in [-0.1, -0.05) is 0 Å². The van der Waals surface area contributed by atoms with E-state index in [0.717, 1.165) is 5.56 Å². The highest BCUT2D eigenvalue weighted by Crippen LogP contribution is 2.25. The van der Waals surface area contributed by atoms with Crippen molar-refractivity contribution in [2.24, 2.45) is 0 Å². The van der Waals surface area contributed by atoms with Crippen LogP contribution >= 0.6 is 11.3 Å². The number of pyridine rings is 1. The zero-order chi connectivity index (χ0) is 15.5. The lowest BCUT2D eigenvalue weighted by Gasteiger charge is -2.01. The standard InChI is InChI=1S/C15H10FN3O2S/c16-12-3-1-10(2-4-12)13-9-22-15(17-13)18-14(20)11-5-7-19(21)8-6-11/h1-9H,(H,17,18,20). The number of thiazole rings is 1. The molecule has 0 radical (unpaired) electrons. The minimum atomic E-state index is -0.347. The van der Waals surface area contributed by atoms with E-state index in [0.29, 0.717) is 21.1 Å². The molecule has 0 aliphatic heterocycles. The lowest BCUT2D eigenvalue weighted by Crippen LogP contribution is -2.25. The Kier molecular flexibility index (Phi) is 3.80. The number of amides is 1. The van der Waals surface area contributed by atoms with Crippen molar-refractivity contribution in [2.45, 2.75) is 0 Å². The fraction of sp³-hybridized carbons (Fsp3) is 0. The number of anilines is 1. The summed E-state index contributed by atoms with van der Waals surface area (Å²) in [6, 6.07) is 8.82. The number of halogens is 1. The lowest BCUT2D eigenvalue weighted by atomic mass is 10.2. The first-order valence-electron chi connectivity index (χ1n) is 6.33. The molecule has 0 atom stereocenters. The highest BCUT2D eigenvalue weighted by molar-refractivity contribution is 7.14. The molecular formula is C15H10FN3O2S. The van der Waals surface area contributed by atoms with Crippen molar-refractivity contribution in [3.8, 4) is 11.3 Å². The largest absolute Gasteiger partial charge is 0.619 e. The second kappa shape index (κ2) is 5.90. The molecule has 5 nitrogen and oxygen atoms in total. The molecule has 2 aromatic heterocycles. The van der Waals surface area contributed by atoms with Gasteiger partial charge in [-0.15, -0.1) is 11.3 Å². The van der Waals surface area contributed by atoms with E-state index in [2.05, 4.69) is 10.3 Å². The maximum absolute atomic E-state index is 12.9. The third kappa shape index (κ3) is 3.09. The molecule has 0 aliphatic carbocycles. The molecular weight excluding hydrogens is 305 g/mol. The molecule has 0 unspecified atom stereocenters. The molecule has 0 fully saturated rings. The van der Waals surface area contributed by atoms with Crippen LogP contribution in [0.4, 0.5) is 9.52 Å². The van der Waals surface area contributed by atoms with Crippen molar-refractivity contribution in [3.05, 3.63) is 70.8 Å². The maximum Gasteiger partial charge on any atom is 0.257 e. The van der Waals surface area contributed by atoms with E-state index in [1.807, 2.05) is 0 Å². The topological polar surface area (TPSA) is 68.9 Å². The minimum absolute atomic E-state index is 0.313. The van der Waals surface area contributed by atoms with Gasteiger partial charge in [-0.05, 0) is 24.3 Å². The lowest BCUT2D eigenvalue weighted by molar-refractivity contribution is -0.605. The summed E-state index contributed by atoms with van der Waals surface area (Å²) < 4.78 is 13.5. The zero-order valence-electron chi connectivity index (χ0n) is 11.2. The first-order chi connectivity index (χ1) is 10.6. The van der Waals surface area contributed by atoms with Crippen molar-refractivity contribution in [3.63, 3.8) is 0 Å². The van der Waals surface area contributed by atoms with Crippen LogP contribution in [-0.4, -0.2) is 10.9 Å². The molecule has 110 valence electrons. The summed E-state index contributed by atoms with van der Waals surface area (Å²) in [5.41, 5.74) is 1.79. The molecule has 2 heterocycles. The van der Waals surface area contributed by atoms with Crippen LogP contribution in [0, 0.1) is 11.0 Å². The fourth-order valence-corrected chi connectivity index (χ4v) is 2.53. The van der Waals surface area contributed by atoms with Gasteiger partial charge < -0.3 is 5.21 Å². The van der Waals surface area contributed by atoms with Crippen LogP contribution in [0.2, 0.25) is 0 Å². The first kappa shape index (κ1) is 14.2. The van der Waals surface area contributed by atoms with Gasteiger partial charge in [-0.3, -0.25) is 10.1 Å². The Labute approximate surface area is 129 Å². The Hall–Kier alpha value is -2.80. The van der Waals surface area contributed by atoms with Crippen molar-refractivity contribution < 1.29 is 13.9 Å². The zero-order valence-corrected chi connectivity index (χ0v) is 12.0. The molecule has 0 saturated heterocycles. The van der Waals surface area contributed by atoms with Gasteiger partial charge in [0.15, 0.2) is 17.5 Å². The number of carbonyl (C=O) groups is 1. The number of hydrogen-bond acceptors (Lipinski definition) is 4. The second-order valence-electron chi connectivity index (χ2n) is 4.45. The maximum atomic E-state index is 12.9. The van der Waals surface area contributed by atoms with E-state index in [1.54, 1.807) is 17.5 Å². The second-order valence-corrected chi connectivity index (χ2v) is 5.30. The Balaban J connectivity index is 1.75. The number of benzene rings is 1. The Morgan fingerprint density at radius 2 is 1.86 bits per heavy atom. The molecule has 3 aromatic rings. The van der Waals surface area contributed by atoms with Gasteiger partial charge in [-0.25, -0.2) is 9.37 Å². The van der Waals surface area contributed by atoms with E-state index in [1.165, 1.54) is 48.0 Å². The molecule has 0 spiro atoms. The van der Waals surface area contributed by atoms with Gasteiger partial charge >= 0.3 is 0 Å². The SMILES string of the molecule is O=C(Nc1nc(-c2ccc(F)cc2)cs1)c1cc[n+]([O-])cc1. The van der Waals surface area contributed by atoms with Crippen molar-refractivity contribution in [2.75, 3.05) is 5.32 Å². The molecule has 0 aliphatic rings. The van der Waals surface area contributed by atoms with Crippen LogP contribution < -0.4 is 10.0 Å². The van der Waals surface area contributed by atoms with Gasteiger partial charge in [0, 0.05) is 23.1 Å². The van der Waals surface area contributed by atoms with Crippen LogP contribution in [0.15, 0.2) is 54.2 Å². The Morgan fingerprint density at radius 1 is 1.18 bits per heavy atom. The summed E-state index contributed by atoms with van der Waals surface area (Å²) >= 11 is 1.27. The summed E-state index contributed by atoms with van der Waals surface area (Å²) in [5.74, 6) is -0.659. The fourth-order valence-electron chi connectivity index (χ4n) is 1.82. The summed E-state index contributed by atoms with van der Waals surface area (Å²) in [6.45, 7) is 0. The summed E-state index contributed by atoms with van der Waals surface area (Å²) in [7, 11) is 0. The number of rotatable bonds is 3. The Bertz CT molecular complexity index is 800. The third-order valence-corrected chi connectivity index (χ3v) is 3.69. The number of aromatic nitrogens is 2. The number of carbonyl (C=O) groups excluding carboxylic acids is 1. The van der Waals surface area contributed by atoms with Crippen molar-refractivity contribution >= 4 is 22.4 Å². The number of nitrogens with one attached hydrogen (secondary N) is 1. The molecule has 22 heavy (non-hydrogen) atoms. The average molecular weight is 315 g/mol. The number of hydrogen-bond donors (Lipinski definition) is 1. The van der Waals surface area contributed by atoms with Gasteiger partial charge in [0.2, 0.25) is 0 Å². The van der Waals surface area contributed by atoms with Gasteiger partial charge in [-0.2, -0.15) is 4.73 Å². The van der Waals surface area contributed by atoms with E-state index >= 15 is 0 Å². The molecule has 3 rings (SSSR count). The predicted octanol–water partition coefficient (Wildman–Crippen LogP) is 2.83. The van der Waals surface area contributed by atoms with Gasteiger partial charge in [0.05, 0.1) is 11.3 Å². The molecule has 7 heteroatoms. The van der Waals surface area contributed by atoms with Crippen LogP contribution in [0.25, 0.3) is 11.3 Å². The van der Waals surface area contributed by atoms with Crippen molar-refractivity contribution in [1.82, 2.24) is 4.98 Å². The molecule has 0 bridgehead atoms. The van der Waals surface area contributed by atoms with Crippen LogP contribution in [-0.2, 0) is 0 Å². The predicted molar refractivity (Wildman–Crippen MR) is 80.9 cm³/mol. The van der Waals surface area contributed by atoms with Crippen LogP contribution in [0.3, 0.4) is 0 Å². The van der Waals surface area contributed by atoms with E-state index < -0.39 is 0 Å². The van der Waals surface area contributed by atoms with E-state index in [9.17, 15) is 14.4 Å². The van der Waals surface area contributed by atoms with Crippen LogP contribution in [0.5, 0.6) is 0 Å². The molecule has 1 N–H and O–H groups in total. The van der Waals surface area contributed by atoms with E-state index in [-0.39, 0.29) is 11.7 Å². The first-order valence-corrected chi connectivity index (χ1v) is 7.21. The number of nitrogens with zero attached hydrogens (tertiary/aromatic N) is 2. The summed E-state index contributed by atoms with van der Waals surface area (Å²) in [4.78, 5) is 16.3. The Morgan fingerprint density at radius 3 is 2.55 bits per heavy atom. The van der Waals surface area contributed by atoms with E-state index in [4.69, 9.17) is 0 Å². The minimum Gasteiger partial charge on any atom is -0.619 e. The quantitative estimate of drug-likeness (QED) is 0.597. The van der Waals surface area contributed by atoms with Gasteiger partial charge in [0.25, 0.3) is 5.91 Å². The summed E-state index contributed by atoms with van der Waals surface area (Å²) in [6.07, 6.45) is 2.50. The smallest absolute Gasteiger partial charge is 0.257 e. The molecule has 1 aromatic carbocycles. The monoisotopic (exact) mass is 315 g/mol. The molecule has 0 saturated carbocycles. The highest BCUT2D eigenvalue weighted by atomic mass is 32.1. The normalized spacial score (nSPS) is 10.4. The van der Waals surface area contributed by atoms with Crippen LogP contribution in [0.1, 0.15) is 10.4 Å². The van der Waals surface area contributed by atoms with Crippen molar-refractivity contribution in [1.29, 1.82) is 0 Å².